The first-order valence-corrected chi connectivity index (χ1v) is 9.39. The largest absolute Gasteiger partial charge is 0.382 e. The monoisotopic (exact) mass is 353 g/mol. The maximum Gasteiger partial charge on any atom is 0.0673 e. The number of hydrogen-bond acceptors (Lipinski definition) is 3. The molecule has 0 radical (unpaired) electrons. The molecule has 0 amide bonds. The Bertz CT molecular complexity index is 611. The van der Waals surface area contributed by atoms with Crippen molar-refractivity contribution in [1.29, 1.82) is 0 Å². The van der Waals surface area contributed by atoms with E-state index in [9.17, 15) is 0 Å². The normalized spacial score (nSPS) is 11.5. The summed E-state index contributed by atoms with van der Waals surface area (Å²) < 4.78 is 0. The highest BCUT2D eigenvalue weighted by atomic mass is 15.0. The maximum absolute atomic E-state index is 4.21. The summed E-state index contributed by atoms with van der Waals surface area (Å²) in [7, 11) is 0. The van der Waals surface area contributed by atoms with Gasteiger partial charge in [-0.15, -0.1) is 6.58 Å². The zero-order valence-corrected chi connectivity index (χ0v) is 16.7. The van der Waals surface area contributed by atoms with Crippen LogP contribution in [0.15, 0.2) is 73.7 Å². The zero-order chi connectivity index (χ0) is 19.5. The lowest BCUT2D eigenvalue weighted by Crippen LogP contribution is -2.40. The predicted molar refractivity (Wildman–Crippen MR) is 116 cm³/mol. The fourth-order valence-electron chi connectivity index (χ4n) is 2.63. The van der Waals surface area contributed by atoms with Crippen molar-refractivity contribution in [2.75, 3.05) is 11.9 Å². The van der Waals surface area contributed by atoms with Crippen LogP contribution in [0.25, 0.3) is 0 Å². The summed E-state index contributed by atoms with van der Waals surface area (Å²) in [6.07, 6.45) is 4.77. The highest BCUT2D eigenvalue weighted by molar-refractivity contribution is 5.49. The molecule has 1 rings (SSSR count). The van der Waals surface area contributed by atoms with Crippen LogP contribution in [-0.4, -0.2) is 12.6 Å². The van der Waals surface area contributed by atoms with Crippen molar-refractivity contribution in [3.05, 3.63) is 79.3 Å². The van der Waals surface area contributed by atoms with E-state index in [1.54, 1.807) is 0 Å². The summed E-state index contributed by atoms with van der Waals surface area (Å²) in [5, 5.41) is 10.2. The van der Waals surface area contributed by atoms with E-state index in [0.717, 1.165) is 42.0 Å². The second kappa shape index (κ2) is 11.2. The Morgan fingerprint density at radius 3 is 2.27 bits per heavy atom. The molecule has 1 atom stereocenters. The molecule has 0 aliphatic rings. The number of allylic oxidation sites excluding steroid dienone is 2. The summed E-state index contributed by atoms with van der Waals surface area (Å²) >= 11 is 0. The Morgan fingerprint density at radius 1 is 1.08 bits per heavy atom. The minimum atomic E-state index is 0.129. The van der Waals surface area contributed by atoms with Gasteiger partial charge in [-0.25, -0.2) is 0 Å². The van der Waals surface area contributed by atoms with Gasteiger partial charge in [0.2, 0.25) is 0 Å². The molecule has 142 valence electrons. The molecular weight excluding hydrogens is 318 g/mol. The lowest BCUT2D eigenvalue weighted by molar-refractivity contribution is 0.456. The first-order valence-electron chi connectivity index (χ1n) is 9.39. The van der Waals surface area contributed by atoms with Crippen molar-refractivity contribution in [1.82, 2.24) is 10.6 Å². The number of nitrogens with one attached hydrogen (secondary N) is 3. The van der Waals surface area contributed by atoms with E-state index in [1.807, 2.05) is 6.08 Å². The quantitative estimate of drug-likeness (QED) is 0.417. The number of benzene rings is 1. The lowest BCUT2D eigenvalue weighted by atomic mass is 10.0. The standard InChI is InChI=1S/C23H35N3/c1-8-10-11-18(5)26-23(17(3)4)20(7)24-16-19(6)25-22-14-12-21(9-2)13-15-22/h8,12-15,17,23-26H,1,5-7,9-11,16H2,2-4H3. The van der Waals surface area contributed by atoms with Crippen molar-refractivity contribution < 1.29 is 0 Å². The molecule has 0 saturated heterocycles. The zero-order valence-electron chi connectivity index (χ0n) is 16.7. The third kappa shape index (κ3) is 7.64. The van der Waals surface area contributed by atoms with E-state index in [1.165, 1.54) is 5.56 Å². The number of aryl methyl sites for hydroxylation is 1. The molecule has 0 saturated carbocycles. The van der Waals surface area contributed by atoms with Crippen LogP contribution in [0.1, 0.15) is 39.2 Å². The van der Waals surface area contributed by atoms with Crippen molar-refractivity contribution >= 4 is 5.69 Å². The average Bonchev–Trinajstić information content (AvgIpc) is 2.62. The van der Waals surface area contributed by atoms with Crippen LogP contribution in [0.4, 0.5) is 5.69 Å². The van der Waals surface area contributed by atoms with Crippen molar-refractivity contribution in [3.8, 4) is 0 Å². The molecule has 0 spiro atoms. The number of hydrogen-bond donors (Lipinski definition) is 3. The lowest BCUT2D eigenvalue weighted by Gasteiger charge is -2.28. The van der Waals surface area contributed by atoms with Gasteiger partial charge >= 0.3 is 0 Å². The molecular formula is C23H35N3. The average molecular weight is 354 g/mol. The Balaban J connectivity index is 2.51. The fraction of sp³-hybridized carbons (Fsp3) is 0.391. The first-order chi connectivity index (χ1) is 12.4. The summed E-state index contributed by atoms with van der Waals surface area (Å²) in [4.78, 5) is 0. The third-order valence-corrected chi connectivity index (χ3v) is 4.26. The Morgan fingerprint density at radius 2 is 1.73 bits per heavy atom. The summed E-state index contributed by atoms with van der Waals surface area (Å²) in [5.74, 6) is 0.401. The maximum atomic E-state index is 4.21. The van der Waals surface area contributed by atoms with E-state index in [2.05, 4.69) is 87.3 Å². The molecule has 3 N–H and O–H groups in total. The van der Waals surface area contributed by atoms with Crippen molar-refractivity contribution in [2.45, 2.75) is 46.1 Å². The van der Waals surface area contributed by atoms with E-state index in [0.29, 0.717) is 12.5 Å². The van der Waals surface area contributed by atoms with E-state index >= 15 is 0 Å². The predicted octanol–water partition coefficient (Wildman–Crippen LogP) is 5.37. The van der Waals surface area contributed by atoms with Crippen LogP contribution in [0.5, 0.6) is 0 Å². The third-order valence-electron chi connectivity index (χ3n) is 4.26. The molecule has 0 bridgehead atoms. The van der Waals surface area contributed by atoms with E-state index in [4.69, 9.17) is 0 Å². The van der Waals surface area contributed by atoms with Crippen LogP contribution in [0.2, 0.25) is 0 Å². The van der Waals surface area contributed by atoms with Crippen LogP contribution in [0.3, 0.4) is 0 Å². The van der Waals surface area contributed by atoms with Gasteiger partial charge in [0, 0.05) is 22.8 Å². The van der Waals surface area contributed by atoms with E-state index in [-0.39, 0.29) is 6.04 Å². The smallest absolute Gasteiger partial charge is 0.0673 e. The van der Waals surface area contributed by atoms with Crippen LogP contribution < -0.4 is 16.0 Å². The summed E-state index contributed by atoms with van der Waals surface area (Å²) in [6.45, 7) is 23.3. The van der Waals surface area contributed by atoms with E-state index < -0.39 is 0 Å². The van der Waals surface area contributed by atoms with Crippen LogP contribution >= 0.6 is 0 Å². The second-order valence-electron chi connectivity index (χ2n) is 6.95. The highest BCUT2D eigenvalue weighted by Gasteiger charge is 2.17. The van der Waals surface area contributed by atoms with Gasteiger partial charge in [0.05, 0.1) is 12.6 Å². The molecule has 0 aliphatic heterocycles. The molecule has 0 heterocycles. The summed E-state index contributed by atoms with van der Waals surface area (Å²) in [6, 6.07) is 8.57. The van der Waals surface area contributed by atoms with Gasteiger partial charge in [-0.3, -0.25) is 0 Å². The van der Waals surface area contributed by atoms with Crippen molar-refractivity contribution in [3.63, 3.8) is 0 Å². The number of rotatable bonds is 13. The highest BCUT2D eigenvalue weighted by Crippen LogP contribution is 2.14. The van der Waals surface area contributed by atoms with Crippen LogP contribution in [0, 0.1) is 5.92 Å². The summed E-state index contributed by atoms with van der Waals surface area (Å²) in [5.41, 5.74) is 5.25. The topological polar surface area (TPSA) is 36.1 Å². The second-order valence-corrected chi connectivity index (χ2v) is 6.95. The molecule has 0 aromatic heterocycles. The van der Waals surface area contributed by atoms with Crippen molar-refractivity contribution in [2.24, 2.45) is 5.92 Å². The molecule has 26 heavy (non-hydrogen) atoms. The van der Waals surface area contributed by atoms with Gasteiger partial charge < -0.3 is 16.0 Å². The van der Waals surface area contributed by atoms with Gasteiger partial charge in [-0.2, -0.15) is 0 Å². The van der Waals surface area contributed by atoms with Gasteiger partial charge in [0.25, 0.3) is 0 Å². The Labute approximate surface area is 160 Å². The molecule has 1 aromatic rings. The SMILES string of the molecule is C=CCCC(=C)NC(C(=C)NCC(=C)Nc1ccc(CC)cc1)C(C)C. The molecule has 1 aromatic carbocycles. The van der Waals surface area contributed by atoms with Gasteiger partial charge in [0.1, 0.15) is 0 Å². The van der Waals surface area contributed by atoms with Crippen LogP contribution in [-0.2, 0) is 6.42 Å². The van der Waals surface area contributed by atoms with Gasteiger partial charge in [0.15, 0.2) is 0 Å². The Hall–Kier alpha value is -2.42. The van der Waals surface area contributed by atoms with Gasteiger partial charge in [-0.05, 0) is 42.9 Å². The molecule has 0 aliphatic carbocycles. The fourth-order valence-corrected chi connectivity index (χ4v) is 2.63. The Kier molecular flexibility index (Phi) is 9.35. The number of anilines is 1. The molecule has 3 heteroatoms. The molecule has 3 nitrogen and oxygen atoms in total. The van der Waals surface area contributed by atoms with Gasteiger partial charge in [-0.1, -0.05) is 58.7 Å². The molecule has 0 fully saturated rings. The minimum absolute atomic E-state index is 0.129. The minimum Gasteiger partial charge on any atom is -0.382 e. The molecule has 1 unspecified atom stereocenters. The first kappa shape index (κ1) is 21.6.